The molecule has 0 aliphatic carbocycles. The monoisotopic (exact) mass is 246 g/mol. The van der Waals surface area contributed by atoms with E-state index in [1.807, 2.05) is 0 Å². The zero-order valence-electron chi connectivity index (χ0n) is 7.41. The van der Waals surface area contributed by atoms with E-state index in [0.717, 1.165) is 0 Å². The van der Waals surface area contributed by atoms with Crippen LogP contribution in [0.25, 0.3) is 0 Å². The van der Waals surface area contributed by atoms with Crippen LogP contribution in [0.3, 0.4) is 0 Å². The van der Waals surface area contributed by atoms with Crippen molar-refractivity contribution in [3.05, 3.63) is 22.2 Å². The molecule has 0 radical (unpaired) electrons. The van der Waals surface area contributed by atoms with E-state index in [0.29, 0.717) is 15.8 Å². The summed E-state index contributed by atoms with van der Waals surface area (Å²) in [6.07, 6.45) is -0.619. The summed E-state index contributed by atoms with van der Waals surface area (Å²) in [5.41, 5.74) is 0.637. The molecule has 3 nitrogen and oxygen atoms in total. The summed E-state index contributed by atoms with van der Waals surface area (Å²) in [4.78, 5) is 0. The largest absolute Gasteiger partial charge is 0.503 e. The number of phenolic OH excluding ortho intramolecular Hbond substituents is 1. The molecule has 1 aromatic rings. The highest BCUT2D eigenvalue weighted by atomic mass is 79.9. The average molecular weight is 247 g/mol. The smallest absolute Gasteiger partial charge is 0.172 e. The Kier molecular flexibility index (Phi) is 3.17. The Morgan fingerprint density at radius 1 is 1.46 bits per heavy atom. The fourth-order valence-corrected chi connectivity index (χ4v) is 1.71. The molecule has 0 saturated carbocycles. The van der Waals surface area contributed by atoms with Crippen LogP contribution in [-0.2, 0) is 0 Å². The van der Waals surface area contributed by atoms with Gasteiger partial charge < -0.3 is 14.9 Å². The van der Waals surface area contributed by atoms with Crippen LogP contribution in [0.5, 0.6) is 11.5 Å². The Bertz CT molecular complexity index is 310. The van der Waals surface area contributed by atoms with E-state index in [2.05, 4.69) is 15.9 Å². The third-order valence-corrected chi connectivity index (χ3v) is 2.61. The van der Waals surface area contributed by atoms with Gasteiger partial charge in [0.25, 0.3) is 0 Å². The Balaban J connectivity index is 3.23. The van der Waals surface area contributed by atoms with Crippen LogP contribution in [0.4, 0.5) is 0 Å². The maximum atomic E-state index is 9.54. The number of hydrogen-bond acceptors (Lipinski definition) is 3. The molecule has 0 unspecified atom stereocenters. The minimum atomic E-state index is -0.619. The van der Waals surface area contributed by atoms with Gasteiger partial charge in [0.2, 0.25) is 0 Å². The van der Waals surface area contributed by atoms with E-state index >= 15 is 0 Å². The maximum absolute atomic E-state index is 9.54. The first-order chi connectivity index (χ1) is 6.07. The van der Waals surface area contributed by atoms with E-state index in [-0.39, 0.29) is 5.75 Å². The van der Waals surface area contributed by atoms with E-state index < -0.39 is 6.10 Å². The van der Waals surface area contributed by atoms with Gasteiger partial charge in [-0.3, -0.25) is 0 Å². The SMILES string of the molecule is COc1ccc([C@@H](C)O)c(Br)c1O. The van der Waals surface area contributed by atoms with Gasteiger partial charge in [-0.2, -0.15) is 0 Å². The van der Waals surface area contributed by atoms with E-state index in [9.17, 15) is 10.2 Å². The maximum Gasteiger partial charge on any atom is 0.172 e. The Morgan fingerprint density at radius 2 is 2.08 bits per heavy atom. The molecule has 2 N–H and O–H groups in total. The zero-order chi connectivity index (χ0) is 10.0. The van der Waals surface area contributed by atoms with Crippen molar-refractivity contribution < 1.29 is 14.9 Å². The topological polar surface area (TPSA) is 49.7 Å². The molecule has 0 spiro atoms. The Hall–Kier alpha value is -0.740. The minimum absolute atomic E-state index is 0.0147. The van der Waals surface area contributed by atoms with Gasteiger partial charge in [-0.05, 0) is 34.5 Å². The number of phenols is 1. The zero-order valence-corrected chi connectivity index (χ0v) is 9.00. The number of hydrogen-bond donors (Lipinski definition) is 2. The molecule has 4 heteroatoms. The highest BCUT2D eigenvalue weighted by molar-refractivity contribution is 9.10. The van der Waals surface area contributed by atoms with Crippen LogP contribution in [0.2, 0.25) is 0 Å². The van der Waals surface area contributed by atoms with Crippen molar-refractivity contribution in [3.8, 4) is 11.5 Å². The molecule has 0 aromatic heterocycles. The summed E-state index contributed by atoms with van der Waals surface area (Å²) >= 11 is 3.18. The summed E-state index contributed by atoms with van der Waals surface area (Å²) in [5.74, 6) is 0.400. The molecule has 0 aliphatic heterocycles. The number of aliphatic hydroxyl groups is 1. The van der Waals surface area contributed by atoms with Gasteiger partial charge in [-0.15, -0.1) is 0 Å². The van der Waals surface area contributed by atoms with Crippen LogP contribution >= 0.6 is 15.9 Å². The molecule has 0 heterocycles. The summed E-state index contributed by atoms with van der Waals surface area (Å²) in [5, 5.41) is 18.9. The molecule has 0 bridgehead atoms. The lowest BCUT2D eigenvalue weighted by molar-refractivity contribution is 0.197. The molecular formula is C9H11BrO3. The lowest BCUT2D eigenvalue weighted by atomic mass is 10.1. The first-order valence-electron chi connectivity index (χ1n) is 3.81. The van der Waals surface area contributed by atoms with Crippen molar-refractivity contribution in [3.63, 3.8) is 0 Å². The first-order valence-corrected chi connectivity index (χ1v) is 4.60. The number of ether oxygens (including phenoxy) is 1. The third-order valence-electron chi connectivity index (χ3n) is 1.78. The van der Waals surface area contributed by atoms with E-state index in [1.54, 1.807) is 19.1 Å². The van der Waals surface area contributed by atoms with Crippen molar-refractivity contribution in [1.29, 1.82) is 0 Å². The number of methoxy groups -OCH3 is 1. The lowest BCUT2D eigenvalue weighted by Gasteiger charge is -2.11. The Morgan fingerprint density at radius 3 is 2.54 bits per heavy atom. The number of rotatable bonds is 2. The number of aromatic hydroxyl groups is 1. The molecule has 1 rings (SSSR count). The Labute approximate surface area is 85.1 Å². The van der Waals surface area contributed by atoms with Gasteiger partial charge in [-0.1, -0.05) is 6.07 Å². The molecular weight excluding hydrogens is 236 g/mol. The van der Waals surface area contributed by atoms with Crippen LogP contribution in [0.1, 0.15) is 18.6 Å². The first kappa shape index (κ1) is 10.3. The van der Waals surface area contributed by atoms with E-state index in [1.165, 1.54) is 7.11 Å². The average Bonchev–Trinajstić information content (AvgIpc) is 2.09. The van der Waals surface area contributed by atoms with E-state index in [4.69, 9.17) is 4.74 Å². The number of halogens is 1. The van der Waals surface area contributed by atoms with Crippen molar-refractivity contribution in [2.45, 2.75) is 13.0 Å². The molecule has 1 atom stereocenters. The lowest BCUT2D eigenvalue weighted by Crippen LogP contribution is -1.94. The second kappa shape index (κ2) is 3.98. The van der Waals surface area contributed by atoms with Gasteiger partial charge in [0.05, 0.1) is 17.7 Å². The summed E-state index contributed by atoms with van der Waals surface area (Å²) in [7, 11) is 1.48. The standard InChI is InChI=1S/C9H11BrO3/c1-5(11)6-3-4-7(13-2)9(12)8(6)10/h3-5,11-12H,1-2H3/t5-/m1/s1. The van der Waals surface area contributed by atoms with Crippen molar-refractivity contribution in [2.24, 2.45) is 0 Å². The second-order valence-corrected chi connectivity index (χ2v) is 3.49. The normalized spacial score (nSPS) is 12.6. The van der Waals surface area contributed by atoms with Crippen molar-refractivity contribution in [2.75, 3.05) is 7.11 Å². The molecule has 13 heavy (non-hydrogen) atoms. The molecule has 0 fully saturated rings. The highest BCUT2D eigenvalue weighted by Crippen LogP contribution is 2.38. The molecule has 0 amide bonds. The van der Waals surface area contributed by atoms with Crippen molar-refractivity contribution >= 4 is 15.9 Å². The fourth-order valence-electron chi connectivity index (χ4n) is 1.05. The molecule has 72 valence electrons. The summed E-state index contributed by atoms with van der Waals surface area (Å²) in [6, 6.07) is 3.31. The molecule has 1 aromatic carbocycles. The second-order valence-electron chi connectivity index (χ2n) is 2.70. The predicted octanol–water partition coefficient (Wildman–Crippen LogP) is 2.22. The van der Waals surface area contributed by atoms with Crippen molar-refractivity contribution in [1.82, 2.24) is 0 Å². The molecule has 0 aliphatic rings. The van der Waals surface area contributed by atoms with Gasteiger partial charge in [-0.25, -0.2) is 0 Å². The van der Waals surface area contributed by atoms with Gasteiger partial charge >= 0.3 is 0 Å². The van der Waals surface area contributed by atoms with Crippen LogP contribution in [0.15, 0.2) is 16.6 Å². The van der Waals surface area contributed by atoms with Crippen LogP contribution < -0.4 is 4.74 Å². The van der Waals surface area contributed by atoms with Gasteiger partial charge in [0, 0.05) is 0 Å². The fraction of sp³-hybridized carbons (Fsp3) is 0.333. The number of aliphatic hydroxyl groups excluding tert-OH is 1. The third kappa shape index (κ3) is 1.95. The predicted molar refractivity (Wildman–Crippen MR) is 53.0 cm³/mol. The van der Waals surface area contributed by atoms with Gasteiger partial charge in [0.1, 0.15) is 0 Å². The van der Waals surface area contributed by atoms with Gasteiger partial charge in [0.15, 0.2) is 11.5 Å². The summed E-state index contributed by atoms with van der Waals surface area (Å²) in [6.45, 7) is 1.63. The summed E-state index contributed by atoms with van der Waals surface area (Å²) < 4.78 is 5.37. The highest BCUT2D eigenvalue weighted by Gasteiger charge is 2.13. The minimum Gasteiger partial charge on any atom is -0.503 e. The molecule has 0 saturated heterocycles. The quantitative estimate of drug-likeness (QED) is 0.842. The van der Waals surface area contributed by atoms with Crippen LogP contribution in [0, 0.1) is 0 Å². The van der Waals surface area contributed by atoms with Crippen LogP contribution in [-0.4, -0.2) is 17.3 Å². The number of benzene rings is 1.